The predicted molar refractivity (Wildman–Crippen MR) is 66.5 cm³/mol. The summed E-state index contributed by atoms with van der Waals surface area (Å²) in [5.74, 6) is -0.476. The molecule has 0 bridgehead atoms. The molecule has 0 radical (unpaired) electrons. The molecule has 0 atom stereocenters. The number of aromatic nitrogens is 1. The van der Waals surface area contributed by atoms with E-state index >= 15 is 0 Å². The van der Waals surface area contributed by atoms with Crippen molar-refractivity contribution >= 4 is 11.8 Å². The molecule has 1 heterocycles. The van der Waals surface area contributed by atoms with Gasteiger partial charge in [0.1, 0.15) is 11.4 Å². The summed E-state index contributed by atoms with van der Waals surface area (Å²) in [7, 11) is 0. The van der Waals surface area contributed by atoms with Gasteiger partial charge in [-0.3, -0.25) is 0 Å². The van der Waals surface area contributed by atoms with Gasteiger partial charge in [0.2, 0.25) is 0 Å². The third-order valence-corrected chi connectivity index (χ3v) is 2.95. The van der Waals surface area contributed by atoms with Crippen molar-refractivity contribution in [2.75, 3.05) is 11.9 Å². The molecule has 0 fully saturated rings. The highest BCUT2D eigenvalue weighted by molar-refractivity contribution is 5.93. The van der Waals surface area contributed by atoms with Crippen LogP contribution in [0.25, 0.3) is 0 Å². The number of nitrogens with zero attached hydrogens (tertiary/aromatic N) is 1. The topological polar surface area (TPSA) is 62.2 Å². The smallest absolute Gasteiger partial charge is 0.339 e. The van der Waals surface area contributed by atoms with E-state index in [2.05, 4.69) is 16.9 Å². The van der Waals surface area contributed by atoms with Crippen LogP contribution in [0.2, 0.25) is 0 Å². The maximum atomic E-state index is 11.2. The van der Waals surface area contributed by atoms with Crippen molar-refractivity contribution in [1.29, 1.82) is 0 Å². The van der Waals surface area contributed by atoms with Crippen LogP contribution in [0.3, 0.4) is 0 Å². The molecule has 1 aromatic rings. The zero-order chi connectivity index (χ0) is 12.3. The molecule has 0 amide bonds. The van der Waals surface area contributed by atoms with Gasteiger partial charge in [-0.15, -0.1) is 6.58 Å². The van der Waals surface area contributed by atoms with E-state index in [1.807, 2.05) is 0 Å². The number of aromatic carboxylic acids is 1. The van der Waals surface area contributed by atoms with Crippen LogP contribution in [0.1, 0.15) is 34.5 Å². The zero-order valence-electron chi connectivity index (χ0n) is 9.70. The third kappa shape index (κ3) is 2.46. The molecule has 1 aliphatic carbocycles. The number of nitrogens with one attached hydrogen (secondary N) is 1. The first-order valence-corrected chi connectivity index (χ1v) is 5.83. The monoisotopic (exact) mass is 232 g/mol. The fourth-order valence-corrected chi connectivity index (χ4v) is 2.10. The number of hydrogen-bond acceptors (Lipinski definition) is 3. The van der Waals surface area contributed by atoms with Gasteiger partial charge in [-0.2, -0.15) is 0 Å². The molecule has 2 rings (SSSR count). The van der Waals surface area contributed by atoms with Gasteiger partial charge in [-0.05, 0) is 37.3 Å². The van der Waals surface area contributed by atoms with Crippen molar-refractivity contribution in [2.24, 2.45) is 0 Å². The normalized spacial score (nSPS) is 13.9. The van der Waals surface area contributed by atoms with Crippen LogP contribution in [0.5, 0.6) is 0 Å². The van der Waals surface area contributed by atoms with E-state index in [0.717, 1.165) is 36.9 Å². The van der Waals surface area contributed by atoms with Crippen LogP contribution in [0, 0.1) is 0 Å². The maximum absolute atomic E-state index is 11.2. The van der Waals surface area contributed by atoms with Gasteiger partial charge in [0, 0.05) is 12.2 Å². The van der Waals surface area contributed by atoms with E-state index in [4.69, 9.17) is 5.11 Å². The fourth-order valence-electron chi connectivity index (χ4n) is 2.10. The summed E-state index contributed by atoms with van der Waals surface area (Å²) in [6, 6.07) is 1.76. The summed E-state index contributed by atoms with van der Waals surface area (Å²) >= 11 is 0. The van der Waals surface area contributed by atoms with E-state index in [0.29, 0.717) is 12.4 Å². The highest BCUT2D eigenvalue weighted by Gasteiger charge is 2.18. The lowest BCUT2D eigenvalue weighted by Crippen LogP contribution is -2.14. The molecule has 0 aromatic carbocycles. The van der Waals surface area contributed by atoms with Crippen molar-refractivity contribution in [1.82, 2.24) is 4.98 Å². The van der Waals surface area contributed by atoms with Crippen LogP contribution >= 0.6 is 0 Å². The Balaban J connectivity index is 2.40. The van der Waals surface area contributed by atoms with Crippen molar-refractivity contribution in [3.63, 3.8) is 0 Å². The summed E-state index contributed by atoms with van der Waals surface area (Å²) in [6.45, 7) is 4.12. The van der Waals surface area contributed by atoms with E-state index < -0.39 is 5.97 Å². The highest BCUT2D eigenvalue weighted by atomic mass is 16.4. The maximum Gasteiger partial charge on any atom is 0.339 e. The van der Waals surface area contributed by atoms with Crippen LogP contribution in [0.4, 0.5) is 5.82 Å². The second kappa shape index (κ2) is 4.99. The molecule has 1 aliphatic rings. The number of anilines is 1. The molecule has 0 saturated carbocycles. The molecule has 0 spiro atoms. The first kappa shape index (κ1) is 11.6. The lowest BCUT2D eigenvalue weighted by molar-refractivity contribution is 0.0697. The van der Waals surface area contributed by atoms with E-state index in [1.165, 1.54) is 0 Å². The molecule has 90 valence electrons. The Morgan fingerprint density at radius 3 is 3.00 bits per heavy atom. The van der Waals surface area contributed by atoms with Crippen LogP contribution < -0.4 is 5.32 Å². The number of carboxylic acids is 1. The van der Waals surface area contributed by atoms with Crippen LogP contribution in [0.15, 0.2) is 18.7 Å². The van der Waals surface area contributed by atoms with Gasteiger partial charge in [-0.25, -0.2) is 9.78 Å². The largest absolute Gasteiger partial charge is 0.478 e. The molecular weight excluding hydrogens is 216 g/mol. The molecule has 0 unspecified atom stereocenters. The third-order valence-electron chi connectivity index (χ3n) is 2.95. The zero-order valence-corrected chi connectivity index (χ0v) is 9.70. The van der Waals surface area contributed by atoms with E-state index in [-0.39, 0.29) is 5.56 Å². The predicted octanol–water partition coefficient (Wildman–Crippen LogP) is 2.26. The van der Waals surface area contributed by atoms with Crippen molar-refractivity contribution < 1.29 is 9.90 Å². The molecule has 4 heteroatoms. The number of pyridine rings is 1. The Kier molecular flexibility index (Phi) is 3.42. The second-order valence-corrected chi connectivity index (χ2v) is 4.17. The van der Waals surface area contributed by atoms with E-state index in [9.17, 15) is 4.79 Å². The van der Waals surface area contributed by atoms with Crippen molar-refractivity contribution in [2.45, 2.75) is 25.7 Å². The number of carbonyl (C=O) groups is 1. The number of aryl methyl sites for hydroxylation is 2. The standard InChI is InChI=1S/C13H16N2O2/c1-2-7-14-12-10(13(16)17)8-9-5-3-4-6-11(9)15-12/h2,8H,1,3-7H2,(H,14,15)(H,16,17). The van der Waals surface area contributed by atoms with Crippen LogP contribution in [-0.2, 0) is 12.8 Å². The summed E-state index contributed by atoms with van der Waals surface area (Å²) in [4.78, 5) is 15.6. The SMILES string of the molecule is C=CCNc1nc2c(cc1C(=O)O)CCCC2. The number of hydrogen-bond donors (Lipinski definition) is 2. The van der Waals surface area contributed by atoms with Crippen LogP contribution in [-0.4, -0.2) is 22.6 Å². The molecule has 4 nitrogen and oxygen atoms in total. The molecule has 0 aliphatic heterocycles. The van der Waals surface area contributed by atoms with E-state index in [1.54, 1.807) is 12.1 Å². The minimum absolute atomic E-state index is 0.257. The first-order valence-electron chi connectivity index (χ1n) is 5.83. The average molecular weight is 232 g/mol. The lowest BCUT2D eigenvalue weighted by atomic mass is 9.95. The fraction of sp³-hybridized carbons (Fsp3) is 0.385. The van der Waals surface area contributed by atoms with Gasteiger partial charge >= 0.3 is 5.97 Å². The summed E-state index contributed by atoms with van der Waals surface area (Å²) in [5.41, 5.74) is 2.37. The van der Waals surface area contributed by atoms with Gasteiger partial charge < -0.3 is 10.4 Å². The summed E-state index contributed by atoms with van der Waals surface area (Å²) < 4.78 is 0. The number of fused-ring (bicyclic) bond motifs is 1. The lowest BCUT2D eigenvalue weighted by Gasteiger charge is -2.17. The summed E-state index contributed by atoms with van der Waals surface area (Å²) in [6.07, 6.45) is 5.82. The van der Waals surface area contributed by atoms with Crippen molar-refractivity contribution in [3.05, 3.63) is 35.5 Å². The quantitative estimate of drug-likeness (QED) is 0.782. The Labute approximate surface area is 100 Å². The number of rotatable bonds is 4. The van der Waals surface area contributed by atoms with Gasteiger partial charge in [0.15, 0.2) is 0 Å². The van der Waals surface area contributed by atoms with Crippen molar-refractivity contribution in [3.8, 4) is 0 Å². The Morgan fingerprint density at radius 1 is 1.53 bits per heavy atom. The molecule has 1 aromatic heterocycles. The van der Waals surface area contributed by atoms with Gasteiger partial charge in [-0.1, -0.05) is 6.08 Å². The van der Waals surface area contributed by atoms with Gasteiger partial charge in [0.05, 0.1) is 0 Å². The molecule has 0 saturated heterocycles. The first-order chi connectivity index (χ1) is 8.22. The minimum atomic E-state index is -0.933. The minimum Gasteiger partial charge on any atom is -0.478 e. The Morgan fingerprint density at radius 2 is 2.29 bits per heavy atom. The highest BCUT2D eigenvalue weighted by Crippen LogP contribution is 2.24. The Bertz CT molecular complexity index is 455. The second-order valence-electron chi connectivity index (χ2n) is 4.17. The number of carboxylic acid groups (broad SMARTS) is 1. The molecule has 17 heavy (non-hydrogen) atoms. The average Bonchev–Trinajstić information content (AvgIpc) is 2.35. The molecule has 2 N–H and O–H groups in total. The Hall–Kier alpha value is -1.84. The summed E-state index contributed by atoms with van der Waals surface area (Å²) in [5, 5.41) is 12.1. The van der Waals surface area contributed by atoms with Gasteiger partial charge in [0.25, 0.3) is 0 Å². The molecular formula is C13H16N2O2.